The first kappa shape index (κ1) is 16.8. The number of benzene rings is 2. The van der Waals surface area contributed by atoms with Crippen LogP contribution in [0, 0.1) is 0 Å². The predicted octanol–water partition coefficient (Wildman–Crippen LogP) is 6.34. The SMILES string of the molecule is CCCCCOc1ccc(-c2cc(-c3ccc(Br)cc3)no2)cc1. The minimum absolute atomic E-state index is 0.755. The van der Waals surface area contributed by atoms with E-state index in [1.807, 2.05) is 54.6 Å². The highest BCUT2D eigenvalue weighted by atomic mass is 79.9. The lowest BCUT2D eigenvalue weighted by Crippen LogP contribution is -1.96. The van der Waals surface area contributed by atoms with Crippen LogP contribution in [-0.4, -0.2) is 11.8 Å². The zero-order chi connectivity index (χ0) is 16.8. The number of ether oxygens (including phenoxy) is 1. The van der Waals surface area contributed by atoms with Crippen molar-refractivity contribution in [2.45, 2.75) is 26.2 Å². The number of unbranched alkanes of at least 4 members (excludes halogenated alkanes) is 2. The molecular formula is C20H20BrNO2. The molecular weight excluding hydrogens is 366 g/mol. The molecule has 0 aliphatic heterocycles. The summed E-state index contributed by atoms with van der Waals surface area (Å²) in [5, 5.41) is 4.16. The molecule has 0 aliphatic carbocycles. The molecule has 4 heteroatoms. The Morgan fingerprint density at radius 3 is 2.38 bits per heavy atom. The highest BCUT2D eigenvalue weighted by Crippen LogP contribution is 2.28. The normalized spacial score (nSPS) is 10.8. The Labute approximate surface area is 150 Å². The lowest BCUT2D eigenvalue weighted by molar-refractivity contribution is 0.306. The van der Waals surface area contributed by atoms with E-state index in [0.29, 0.717) is 0 Å². The zero-order valence-electron chi connectivity index (χ0n) is 13.7. The number of nitrogens with zero attached hydrogens (tertiary/aromatic N) is 1. The molecule has 0 saturated heterocycles. The summed E-state index contributed by atoms with van der Waals surface area (Å²) in [6.07, 6.45) is 3.50. The second kappa shape index (κ2) is 8.15. The molecule has 0 atom stereocenters. The lowest BCUT2D eigenvalue weighted by Gasteiger charge is -2.05. The fraction of sp³-hybridized carbons (Fsp3) is 0.250. The Bertz CT molecular complexity index is 763. The van der Waals surface area contributed by atoms with E-state index in [1.165, 1.54) is 12.8 Å². The first-order valence-corrected chi connectivity index (χ1v) is 9.01. The van der Waals surface area contributed by atoms with E-state index in [-0.39, 0.29) is 0 Å². The quantitative estimate of drug-likeness (QED) is 0.445. The number of aromatic nitrogens is 1. The summed E-state index contributed by atoms with van der Waals surface area (Å²) < 4.78 is 12.3. The molecule has 1 aromatic heterocycles. The number of hydrogen-bond donors (Lipinski definition) is 0. The molecule has 0 unspecified atom stereocenters. The van der Waals surface area contributed by atoms with Gasteiger partial charge in [0.05, 0.1) is 6.61 Å². The van der Waals surface area contributed by atoms with E-state index in [9.17, 15) is 0 Å². The Morgan fingerprint density at radius 2 is 1.67 bits per heavy atom. The van der Waals surface area contributed by atoms with Crippen molar-refractivity contribution in [3.63, 3.8) is 0 Å². The number of halogens is 1. The van der Waals surface area contributed by atoms with Gasteiger partial charge < -0.3 is 9.26 Å². The fourth-order valence-electron chi connectivity index (χ4n) is 2.43. The molecule has 0 bridgehead atoms. The molecule has 0 fully saturated rings. The lowest BCUT2D eigenvalue weighted by atomic mass is 10.1. The second-order valence-corrected chi connectivity index (χ2v) is 6.58. The first-order valence-electron chi connectivity index (χ1n) is 8.22. The summed E-state index contributed by atoms with van der Waals surface area (Å²) in [6, 6.07) is 17.9. The summed E-state index contributed by atoms with van der Waals surface area (Å²) in [6.45, 7) is 2.96. The Morgan fingerprint density at radius 1 is 0.958 bits per heavy atom. The maximum atomic E-state index is 5.73. The van der Waals surface area contributed by atoms with E-state index in [2.05, 4.69) is 28.0 Å². The van der Waals surface area contributed by atoms with Crippen molar-refractivity contribution in [2.24, 2.45) is 0 Å². The monoisotopic (exact) mass is 385 g/mol. The van der Waals surface area contributed by atoms with Gasteiger partial charge in [-0.15, -0.1) is 0 Å². The first-order chi connectivity index (χ1) is 11.8. The van der Waals surface area contributed by atoms with Crippen LogP contribution in [0.3, 0.4) is 0 Å². The van der Waals surface area contributed by atoms with Gasteiger partial charge >= 0.3 is 0 Å². The van der Waals surface area contributed by atoms with Crippen molar-refractivity contribution in [3.05, 3.63) is 59.1 Å². The minimum Gasteiger partial charge on any atom is -0.494 e. The van der Waals surface area contributed by atoms with E-state index in [1.54, 1.807) is 0 Å². The molecule has 124 valence electrons. The van der Waals surface area contributed by atoms with Crippen LogP contribution in [0.5, 0.6) is 5.75 Å². The molecule has 0 spiro atoms. The molecule has 0 aliphatic rings. The molecule has 0 amide bonds. The molecule has 0 saturated carbocycles. The molecule has 3 nitrogen and oxygen atoms in total. The average molecular weight is 386 g/mol. The largest absolute Gasteiger partial charge is 0.494 e. The molecule has 1 heterocycles. The molecule has 0 radical (unpaired) electrons. The number of hydrogen-bond acceptors (Lipinski definition) is 3. The Kier molecular flexibility index (Phi) is 5.70. The van der Waals surface area contributed by atoms with Crippen molar-refractivity contribution in [1.29, 1.82) is 0 Å². The van der Waals surface area contributed by atoms with Crippen LogP contribution in [-0.2, 0) is 0 Å². The third-order valence-corrected chi connectivity index (χ3v) is 4.33. The Hall–Kier alpha value is -2.07. The van der Waals surface area contributed by atoms with Gasteiger partial charge in [-0.2, -0.15) is 0 Å². The topological polar surface area (TPSA) is 35.3 Å². The van der Waals surface area contributed by atoms with Crippen molar-refractivity contribution in [3.8, 4) is 28.3 Å². The second-order valence-electron chi connectivity index (χ2n) is 5.66. The summed E-state index contributed by atoms with van der Waals surface area (Å²) >= 11 is 3.44. The van der Waals surface area contributed by atoms with Crippen LogP contribution in [0.1, 0.15) is 26.2 Å². The van der Waals surface area contributed by atoms with Gasteiger partial charge in [0, 0.05) is 21.7 Å². The van der Waals surface area contributed by atoms with Crippen molar-refractivity contribution in [2.75, 3.05) is 6.61 Å². The molecule has 24 heavy (non-hydrogen) atoms. The van der Waals surface area contributed by atoms with Crippen LogP contribution in [0.4, 0.5) is 0 Å². The summed E-state index contributed by atoms with van der Waals surface area (Å²) in [5.41, 5.74) is 2.85. The smallest absolute Gasteiger partial charge is 0.167 e. The summed E-state index contributed by atoms with van der Waals surface area (Å²) in [5.74, 6) is 1.65. The molecule has 3 rings (SSSR count). The van der Waals surface area contributed by atoms with Crippen LogP contribution in [0.25, 0.3) is 22.6 Å². The zero-order valence-corrected chi connectivity index (χ0v) is 15.3. The van der Waals surface area contributed by atoms with Crippen molar-refractivity contribution in [1.82, 2.24) is 5.16 Å². The van der Waals surface area contributed by atoms with Gasteiger partial charge in [-0.3, -0.25) is 0 Å². The minimum atomic E-state index is 0.755. The van der Waals surface area contributed by atoms with E-state index < -0.39 is 0 Å². The van der Waals surface area contributed by atoms with Crippen LogP contribution in [0.2, 0.25) is 0 Å². The van der Waals surface area contributed by atoms with Gasteiger partial charge in [-0.25, -0.2) is 0 Å². The standard InChI is InChI=1S/C20H20BrNO2/c1-2-3-4-13-23-18-11-7-16(8-12-18)20-14-19(22-24-20)15-5-9-17(21)10-6-15/h5-12,14H,2-4,13H2,1H3. The van der Waals surface area contributed by atoms with Gasteiger partial charge in [0.15, 0.2) is 5.76 Å². The van der Waals surface area contributed by atoms with Gasteiger partial charge in [-0.05, 0) is 42.8 Å². The van der Waals surface area contributed by atoms with E-state index in [0.717, 1.165) is 45.8 Å². The highest BCUT2D eigenvalue weighted by molar-refractivity contribution is 9.10. The van der Waals surface area contributed by atoms with Crippen LogP contribution in [0.15, 0.2) is 63.6 Å². The third-order valence-electron chi connectivity index (χ3n) is 3.81. The fourth-order valence-corrected chi connectivity index (χ4v) is 2.69. The van der Waals surface area contributed by atoms with Gasteiger partial charge in [-0.1, -0.05) is 53.0 Å². The van der Waals surface area contributed by atoms with Crippen molar-refractivity contribution < 1.29 is 9.26 Å². The van der Waals surface area contributed by atoms with E-state index in [4.69, 9.17) is 9.26 Å². The van der Waals surface area contributed by atoms with E-state index >= 15 is 0 Å². The van der Waals surface area contributed by atoms with Gasteiger partial charge in [0.2, 0.25) is 0 Å². The van der Waals surface area contributed by atoms with Crippen LogP contribution < -0.4 is 4.74 Å². The maximum Gasteiger partial charge on any atom is 0.167 e. The summed E-state index contributed by atoms with van der Waals surface area (Å²) in [7, 11) is 0. The molecule has 3 aromatic rings. The molecule has 2 aromatic carbocycles. The molecule has 0 N–H and O–H groups in total. The van der Waals surface area contributed by atoms with Crippen LogP contribution >= 0.6 is 15.9 Å². The maximum absolute atomic E-state index is 5.73. The third kappa shape index (κ3) is 4.26. The Balaban J connectivity index is 1.67. The predicted molar refractivity (Wildman–Crippen MR) is 100 cm³/mol. The highest BCUT2D eigenvalue weighted by Gasteiger charge is 2.09. The average Bonchev–Trinajstić information content (AvgIpc) is 3.10. The van der Waals surface area contributed by atoms with Crippen molar-refractivity contribution >= 4 is 15.9 Å². The number of rotatable bonds is 7. The summed E-state index contributed by atoms with van der Waals surface area (Å²) in [4.78, 5) is 0. The van der Waals surface area contributed by atoms with Gasteiger partial charge in [0.25, 0.3) is 0 Å². The van der Waals surface area contributed by atoms with Gasteiger partial charge in [0.1, 0.15) is 11.4 Å².